The van der Waals surface area contributed by atoms with Crippen LogP contribution in [0, 0.1) is 5.92 Å². The van der Waals surface area contributed by atoms with Gasteiger partial charge in [0, 0.05) is 12.2 Å². The Balaban J connectivity index is 1.84. The minimum atomic E-state index is 0.513. The molecule has 0 saturated heterocycles. The predicted molar refractivity (Wildman–Crippen MR) is 110 cm³/mol. The molecule has 2 aromatic carbocycles. The SMILES string of the molecule is CC(C)Cc1nnc(SCc2ccccc2)n1Cc1ccc(Cl)c(Cl)c1. The standard InChI is InChI=1S/C20H21Cl2N3S/c1-14(2)10-19-23-24-20(26-13-15-6-4-3-5-7-15)25(19)12-16-8-9-17(21)18(22)11-16/h3-9,11,14H,10,12-13H2,1-2H3. The summed E-state index contributed by atoms with van der Waals surface area (Å²) in [5.41, 5.74) is 2.36. The molecule has 26 heavy (non-hydrogen) atoms. The fraction of sp³-hybridized carbons (Fsp3) is 0.300. The molecule has 0 fully saturated rings. The Morgan fingerprint density at radius 2 is 1.73 bits per heavy atom. The van der Waals surface area contributed by atoms with E-state index in [1.165, 1.54) is 5.56 Å². The molecule has 136 valence electrons. The molecule has 0 saturated carbocycles. The molecule has 0 N–H and O–H groups in total. The van der Waals surface area contributed by atoms with E-state index in [9.17, 15) is 0 Å². The Morgan fingerprint density at radius 3 is 2.42 bits per heavy atom. The zero-order valence-electron chi connectivity index (χ0n) is 14.8. The summed E-state index contributed by atoms with van der Waals surface area (Å²) in [4.78, 5) is 0. The van der Waals surface area contributed by atoms with Crippen LogP contribution < -0.4 is 0 Å². The summed E-state index contributed by atoms with van der Waals surface area (Å²) in [6.07, 6.45) is 0.889. The third kappa shape index (κ3) is 5.03. The summed E-state index contributed by atoms with van der Waals surface area (Å²) >= 11 is 13.9. The summed E-state index contributed by atoms with van der Waals surface area (Å²) in [6, 6.07) is 16.1. The number of benzene rings is 2. The lowest BCUT2D eigenvalue weighted by Crippen LogP contribution is -2.09. The summed E-state index contributed by atoms with van der Waals surface area (Å²) in [5.74, 6) is 2.38. The van der Waals surface area contributed by atoms with E-state index in [4.69, 9.17) is 23.2 Å². The quantitative estimate of drug-likeness (QED) is 0.443. The van der Waals surface area contributed by atoms with Crippen molar-refractivity contribution in [3.8, 4) is 0 Å². The molecular formula is C20H21Cl2N3S. The highest BCUT2D eigenvalue weighted by Crippen LogP contribution is 2.26. The van der Waals surface area contributed by atoms with Crippen LogP contribution in [0.2, 0.25) is 10.0 Å². The molecular weight excluding hydrogens is 385 g/mol. The fourth-order valence-corrected chi connectivity index (χ4v) is 3.88. The average molecular weight is 406 g/mol. The molecule has 0 radical (unpaired) electrons. The van der Waals surface area contributed by atoms with Gasteiger partial charge in [-0.3, -0.25) is 0 Å². The molecule has 6 heteroatoms. The van der Waals surface area contributed by atoms with E-state index in [1.54, 1.807) is 11.8 Å². The highest BCUT2D eigenvalue weighted by atomic mass is 35.5. The van der Waals surface area contributed by atoms with E-state index in [0.717, 1.165) is 28.7 Å². The Hall–Kier alpha value is -1.49. The van der Waals surface area contributed by atoms with E-state index >= 15 is 0 Å². The molecule has 1 aromatic heterocycles. The van der Waals surface area contributed by atoms with Crippen molar-refractivity contribution in [2.75, 3.05) is 0 Å². The smallest absolute Gasteiger partial charge is 0.191 e. The lowest BCUT2D eigenvalue weighted by molar-refractivity contribution is 0.576. The van der Waals surface area contributed by atoms with E-state index in [0.29, 0.717) is 22.5 Å². The number of nitrogens with zero attached hydrogens (tertiary/aromatic N) is 3. The van der Waals surface area contributed by atoms with Crippen molar-refractivity contribution in [3.63, 3.8) is 0 Å². The molecule has 0 aliphatic rings. The van der Waals surface area contributed by atoms with Gasteiger partial charge in [0.25, 0.3) is 0 Å². The Kier molecular flexibility index (Phi) is 6.63. The topological polar surface area (TPSA) is 30.7 Å². The molecule has 0 spiro atoms. The molecule has 0 aliphatic heterocycles. The largest absolute Gasteiger partial charge is 0.302 e. The Bertz CT molecular complexity index is 863. The maximum atomic E-state index is 6.18. The van der Waals surface area contributed by atoms with Gasteiger partial charge >= 0.3 is 0 Å². The summed E-state index contributed by atoms with van der Waals surface area (Å²) in [6.45, 7) is 5.06. The zero-order valence-corrected chi connectivity index (χ0v) is 17.2. The van der Waals surface area contributed by atoms with Crippen molar-refractivity contribution >= 4 is 35.0 Å². The normalized spacial score (nSPS) is 11.3. The Morgan fingerprint density at radius 1 is 0.962 bits per heavy atom. The average Bonchev–Trinajstić information content (AvgIpc) is 2.98. The first-order valence-electron chi connectivity index (χ1n) is 8.55. The van der Waals surface area contributed by atoms with Crippen molar-refractivity contribution in [1.29, 1.82) is 0 Å². The third-order valence-electron chi connectivity index (χ3n) is 3.92. The van der Waals surface area contributed by atoms with Crippen LogP contribution in [0.3, 0.4) is 0 Å². The van der Waals surface area contributed by atoms with Gasteiger partial charge in [0.2, 0.25) is 0 Å². The van der Waals surface area contributed by atoms with E-state index in [1.807, 2.05) is 24.3 Å². The van der Waals surface area contributed by atoms with Crippen LogP contribution in [0.15, 0.2) is 53.7 Å². The number of aromatic nitrogens is 3. The van der Waals surface area contributed by atoms with E-state index in [-0.39, 0.29) is 0 Å². The molecule has 0 bridgehead atoms. The van der Waals surface area contributed by atoms with Crippen LogP contribution in [0.5, 0.6) is 0 Å². The van der Waals surface area contributed by atoms with Gasteiger partial charge in [0.1, 0.15) is 5.82 Å². The van der Waals surface area contributed by atoms with Gasteiger partial charge in [-0.1, -0.05) is 85.2 Å². The second kappa shape index (κ2) is 8.94. The molecule has 1 heterocycles. The van der Waals surface area contributed by atoms with Crippen LogP contribution in [0.1, 0.15) is 30.8 Å². The molecule has 0 unspecified atom stereocenters. The van der Waals surface area contributed by atoms with Gasteiger partial charge < -0.3 is 4.57 Å². The molecule has 0 aliphatic carbocycles. The third-order valence-corrected chi connectivity index (χ3v) is 5.70. The number of hydrogen-bond donors (Lipinski definition) is 0. The summed E-state index contributed by atoms with van der Waals surface area (Å²) in [7, 11) is 0. The first-order valence-corrected chi connectivity index (χ1v) is 10.3. The lowest BCUT2D eigenvalue weighted by atomic mass is 10.1. The number of thioether (sulfide) groups is 1. The van der Waals surface area contributed by atoms with Crippen LogP contribution in [-0.2, 0) is 18.7 Å². The van der Waals surface area contributed by atoms with Crippen LogP contribution in [0.25, 0.3) is 0 Å². The van der Waals surface area contributed by atoms with Gasteiger partial charge in [-0.15, -0.1) is 10.2 Å². The van der Waals surface area contributed by atoms with Gasteiger partial charge in [-0.25, -0.2) is 0 Å². The first kappa shape index (κ1) is 19.3. The first-order chi connectivity index (χ1) is 12.5. The second-order valence-electron chi connectivity index (χ2n) is 6.61. The molecule has 0 atom stereocenters. The highest BCUT2D eigenvalue weighted by molar-refractivity contribution is 7.98. The summed E-state index contributed by atoms with van der Waals surface area (Å²) in [5, 5.41) is 10.9. The maximum Gasteiger partial charge on any atom is 0.191 e. The van der Waals surface area contributed by atoms with Crippen molar-refractivity contribution < 1.29 is 0 Å². The molecule has 3 aromatic rings. The minimum absolute atomic E-state index is 0.513. The fourth-order valence-electron chi connectivity index (χ4n) is 2.64. The maximum absolute atomic E-state index is 6.18. The van der Waals surface area contributed by atoms with Crippen molar-refractivity contribution in [1.82, 2.24) is 14.8 Å². The predicted octanol–water partition coefficient (Wildman–Crippen LogP) is 6.12. The zero-order chi connectivity index (χ0) is 18.5. The van der Waals surface area contributed by atoms with Gasteiger partial charge in [-0.2, -0.15) is 0 Å². The van der Waals surface area contributed by atoms with Crippen molar-refractivity contribution in [3.05, 3.63) is 75.5 Å². The minimum Gasteiger partial charge on any atom is -0.302 e. The van der Waals surface area contributed by atoms with Crippen molar-refractivity contribution in [2.24, 2.45) is 5.92 Å². The lowest BCUT2D eigenvalue weighted by Gasteiger charge is -2.12. The number of halogens is 2. The highest BCUT2D eigenvalue weighted by Gasteiger charge is 2.15. The van der Waals surface area contributed by atoms with Crippen molar-refractivity contribution in [2.45, 2.75) is 37.7 Å². The van der Waals surface area contributed by atoms with E-state index < -0.39 is 0 Å². The summed E-state index contributed by atoms with van der Waals surface area (Å²) < 4.78 is 2.19. The molecule has 3 nitrogen and oxygen atoms in total. The number of rotatable bonds is 7. The molecule has 3 rings (SSSR count). The van der Waals surface area contributed by atoms with Crippen LogP contribution >= 0.6 is 35.0 Å². The van der Waals surface area contributed by atoms with Gasteiger partial charge in [0.05, 0.1) is 16.6 Å². The number of hydrogen-bond acceptors (Lipinski definition) is 3. The van der Waals surface area contributed by atoms with E-state index in [2.05, 4.69) is 52.9 Å². The Labute approximate surface area is 168 Å². The molecule has 0 amide bonds. The second-order valence-corrected chi connectivity index (χ2v) is 8.36. The van der Waals surface area contributed by atoms with Gasteiger partial charge in [-0.05, 0) is 29.2 Å². The van der Waals surface area contributed by atoms with Crippen LogP contribution in [0.4, 0.5) is 0 Å². The monoisotopic (exact) mass is 405 g/mol. The van der Waals surface area contributed by atoms with Crippen LogP contribution in [-0.4, -0.2) is 14.8 Å². The van der Waals surface area contributed by atoms with Gasteiger partial charge in [0.15, 0.2) is 5.16 Å².